The zero-order valence-corrected chi connectivity index (χ0v) is 10.6. The summed E-state index contributed by atoms with van der Waals surface area (Å²) in [5, 5.41) is 8.75. The van der Waals surface area contributed by atoms with Crippen LogP contribution in [0.4, 0.5) is 0 Å². The lowest BCUT2D eigenvalue weighted by atomic mass is 10.0. The SMILES string of the molecule is CCc1ccccc1C(=O)N(C)CC(C)C#N. The predicted molar refractivity (Wildman–Crippen MR) is 67.6 cm³/mol. The number of rotatable bonds is 4. The van der Waals surface area contributed by atoms with E-state index in [-0.39, 0.29) is 11.8 Å². The van der Waals surface area contributed by atoms with Crippen molar-refractivity contribution < 1.29 is 4.79 Å². The molecule has 0 aromatic heterocycles. The van der Waals surface area contributed by atoms with Gasteiger partial charge in [-0.25, -0.2) is 0 Å². The lowest BCUT2D eigenvalue weighted by Crippen LogP contribution is -2.31. The molecular formula is C14H18N2O. The van der Waals surface area contributed by atoms with Crippen molar-refractivity contribution in [3.05, 3.63) is 35.4 Å². The summed E-state index contributed by atoms with van der Waals surface area (Å²) in [5.41, 5.74) is 1.79. The van der Waals surface area contributed by atoms with E-state index in [0.717, 1.165) is 17.5 Å². The van der Waals surface area contributed by atoms with E-state index < -0.39 is 0 Å². The first kappa shape index (κ1) is 13.2. The fourth-order valence-electron chi connectivity index (χ4n) is 1.78. The van der Waals surface area contributed by atoms with Crippen molar-refractivity contribution in [2.45, 2.75) is 20.3 Å². The highest BCUT2D eigenvalue weighted by Gasteiger charge is 2.16. The fraction of sp³-hybridized carbons (Fsp3) is 0.429. The monoisotopic (exact) mass is 230 g/mol. The van der Waals surface area contributed by atoms with Crippen LogP contribution in [0.5, 0.6) is 0 Å². The van der Waals surface area contributed by atoms with Gasteiger partial charge in [0.15, 0.2) is 0 Å². The maximum Gasteiger partial charge on any atom is 0.253 e. The summed E-state index contributed by atoms with van der Waals surface area (Å²) >= 11 is 0. The molecule has 0 aliphatic rings. The summed E-state index contributed by atoms with van der Waals surface area (Å²) in [5.74, 6) is -0.151. The first-order chi connectivity index (χ1) is 8.10. The number of hydrogen-bond acceptors (Lipinski definition) is 2. The average molecular weight is 230 g/mol. The van der Waals surface area contributed by atoms with E-state index >= 15 is 0 Å². The van der Waals surface area contributed by atoms with Crippen LogP contribution in [0.15, 0.2) is 24.3 Å². The highest BCUT2D eigenvalue weighted by atomic mass is 16.2. The van der Waals surface area contributed by atoms with Gasteiger partial charge in [0.25, 0.3) is 5.91 Å². The van der Waals surface area contributed by atoms with Crippen LogP contribution in [-0.2, 0) is 6.42 Å². The van der Waals surface area contributed by atoms with Crippen molar-refractivity contribution in [3.8, 4) is 6.07 Å². The van der Waals surface area contributed by atoms with E-state index in [1.807, 2.05) is 38.1 Å². The van der Waals surface area contributed by atoms with Crippen LogP contribution < -0.4 is 0 Å². The zero-order valence-electron chi connectivity index (χ0n) is 10.6. The van der Waals surface area contributed by atoms with Gasteiger partial charge in [-0.1, -0.05) is 25.1 Å². The van der Waals surface area contributed by atoms with E-state index in [9.17, 15) is 4.79 Å². The Hall–Kier alpha value is -1.82. The number of nitriles is 1. The van der Waals surface area contributed by atoms with Gasteiger partial charge in [-0.05, 0) is 25.0 Å². The number of hydrogen-bond donors (Lipinski definition) is 0. The number of carbonyl (C=O) groups is 1. The van der Waals surface area contributed by atoms with Crippen LogP contribution in [0.25, 0.3) is 0 Å². The van der Waals surface area contributed by atoms with Crippen molar-refractivity contribution in [3.63, 3.8) is 0 Å². The maximum absolute atomic E-state index is 12.2. The molecule has 1 aromatic carbocycles. The molecule has 0 spiro atoms. The van der Waals surface area contributed by atoms with Crippen LogP contribution >= 0.6 is 0 Å². The summed E-state index contributed by atoms with van der Waals surface area (Å²) in [7, 11) is 1.74. The van der Waals surface area contributed by atoms with E-state index in [4.69, 9.17) is 5.26 Å². The summed E-state index contributed by atoms with van der Waals surface area (Å²) < 4.78 is 0. The third-order valence-corrected chi connectivity index (χ3v) is 2.74. The Balaban J connectivity index is 2.86. The van der Waals surface area contributed by atoms with Crippen LogP contribution in [0.1, 0.15) is 29.8 Å². The molecule has 0 aliphatic carbocycles. The minimum atomic E-state index is -0.141. The molecule has 1 amide bonds. The molecule has 1 aromatic rings. The summed E-state index contributed by atoms with van der Waals surface area (Å²) in [6, 6.07) is 9.75. The third-order valence-electron chi connectivity index (χ3n) is 2.74. The Morgan fingerprint density at radius 3 is 2.71 bits per heavy atom. The smallest absolute Gasteiger partial charge is 0.253 e. The maximum atomic E-state index is 12.2. The average Bonchev–Trinajstić information content (AvgIpc) is 2.37. The van der Waals surface area contributed by atoms with Crippen LogP contribution in [0.2, 0.25) is 0 Å². The first-order valence-corrected chi connectivity index (χ1v) is 5.83. The van der Waals surface area contributed by atoms with Gasteiger partial charge in [0.1, 0.15) is 0 Å². The number of carbonyl (C=O) groups excluding carboxylic acids is 1. The number of amides is 1. The lowest BCUT2D eigenvalue weighted by Gasteiger charge is -2.19. The van der Waals surface area contributed by atoms with Gasteiger partial charge in [0, 0.05) is 19.2 Å². The molecule has 1 atom stereocenters. The van der Waals surface area contributed by atoms with E-state index in [1.54, 1.807) is 11.9 Å². The largest absolute Gasteiger partial charge is 0.340 e. The summed E-state index contributed by atoms with van der Waals surface area (Å²) in [6.07, 6.45) is 0.837. The molecule has 0 aliphatic heterocycles. The molecule has 0 saturated heterocycles. The second kappa shape index (κ2) is 6.05. The molecule has 17 heavy (non-hydrogen) atoms. The van der Waals surface area contributed by atoms with Crippen molar-refractivity contribution >= 4 is 5.91 Å². The Morgan fingerprint density at radius 2 is 2.12 bits per heavy atom. The van der Waals surface area contributed by atoms with Gasteiger partial charge in [0.05, 0.1) is 12.0 Å². The standard InChI is InChI=1S/C14H18N2O/c1-4-12-7-5-6-8-13(12)14(17)16(3)10-11(2)9-15/h5-8,11H,4,10H2,1-3H3. The van der Waals surface area contributed by atoms with Crippen molar-refractivity contribution in [1.29, 1.82) is 5.26 Å². The minimum absolute atomic E-state index is 0.00968. The van der Waals surface area contributed by atoms with Gasteiger partial charge in [0.2, 0.25) is 0 Å². The summed E-state index contributed by atoms with van der Waals surface area (Å²) in [6.45, 7) is 4.31. The molecule has 0 N–H and O–H groups in total. The van der Waals surface area contributed by atoms with Gasteiger partial charge in [-0.3, -0.25) is 4.79 Å². The van der Waals surface area contributed by atoms with Gasteiger partial charge in [-0.2, -0.15) is 5.26 Å². The molecule has 0 fully saturated rings. The summed E-state index contributed by atoms with van der Waals surface area (Å²) in [4.78, 5) is 13.8. The zero-order chi connectivity index (χ0) is 12.8. The van der Waals surface area contributed by atoms with Crippen molar-refractivity contribution in [2.24, 2.45) is 5.92 Å². The number of nitrogens with zero attached hydrogens (tertiary/aromatic N) is 2. The van der Waals surface area contributed by atoms with Gasteiger partial charge in [-0.15, -0.1) is 0 Å². The van der Waals surface area contributed by atoms with Crippen molar-refractivity contribution in [2.75, 3.05) is 13.6 Å². The molecule has 3 heteroatoms. The lowest BCUT2D eigenvalue weighted by molar-refractivity contribution is 0.0784. The third kappa shape index (κ3) is 3.32. The second-order valence-electron chi connectivity index (χ2n) is 4.23. The molecule has 0 bridgehead atoms. The molecule has 0 heterocycles. The molecule has 3 nitrogen and oxygen atoms in total. The topological polar surface area (TPSA) is 44.1 Å². The molecule has 0 saturated carbocycles. The molecule has 1 unspecified atom stereocenters. The van der Waals surface area contributed by atoms with E-state index in [0.29, 0.717) is 6.54 Å². The molecule has 1 rings (SSSR count). The second-order valence-corrected chi connectivity index (χ2v) is 4.23. The van der Waals surface area contributed by atoms with Crippen LogP contribution in [0, 0.1) is 17.2 Å². The molecule has 0 radical (unpaired) electrons. The van der Waals surface area contributed by atoms with Gasteiger partial charge < -0.3 is 4.90 Å². The van der Waals surface area contributed by atoms with E-state index in [1.165, 1.54) is 0 Å². The molecule has 90 valence electrons. The fourth-order valence-corrected chi connectivity index (χ4v) is 1.78. The Morgan fingerprint density at radius 1 is 1.47 bits per heavy atom. The van der Waals surface area contributed by atoms with E-state index in [2.05, 4.69) is 6.07 Å². The Bertz CT molecular complexity index is 434. The van der Waals surface area contributed by atoms with Crippen molar-refractivity contribution in [1.82, 2.24) is 4.90 Å². The highest BCUT2D eigenvalue weighted by Crippen LogP contribution is 2.12. The van der Waals surface area contributed by atoms with Crippen LogP contribution in [0.3, 0.4) is 0 Å². The number of aryl methyl sites for hydroxylation is 1. The quantitative estimate of drug-likeness (QED) is 0.797. The van der Waals surface area contributed by atoms with Crippen LogP contribution in [-0.4, -0.2) is 24.4 Å². The minimum Gasteiger partial charge on any atom is -0.340 e. The Labute approximate surface area is 103 Å². The highest BCUT2D eigenvalue weighted by molar-refractivity contribution is 5.95. The first-order valence-electron chi connectivity index (χ1n) is 5.83. The Kier molecular flexibility index (Phi) is 4.71. The van der Waals surface area contributed by atoms with Gasteiger partial charge >= 0.3 is 0 Å². The molecular weight excluding hydrogens is 212 g/mol. The number of benzene rings is 1. The normalized spacial score (nSPS) is 11.6. The predicted octanol–water partition coefficient (Wildman–Crippen LogP) is 2.48.